The number of aliphatic hydroxyl groups excluding tert-OH is 1. The fourth-order valence-electron chi connectivity index (χ4n) is 1.57. The van der Waals surface area contributed by atoms with Gasteiger partial charge in [0.2, 0.25) is 5.91 Å². The minimum Gasteiger partial charge on any atom is -0.392 e. The van der Waals surface area contributed by atoms with Gasteiger partial charge in [0.1, 0.15) is 5.82 Å². The monoisotopic (exact) mass is 206 g/mol. The second-order valence-corrected chi connectivity index (χ2v) is 3.79. The Bertz CT molecular complexity index is 361. The van der Waals surface area contributed by atoms with Crippen molar-refractivity contribution < 1.29 is 9.90 Å². The molecule has 0 radical (unpaired) electrons. The SMILES string of the molecule is O=C(Nc1ncccc1CO)C1CCC1. The molecule has 80 valence electrons. The number of anilines is 1. The lowest BCUT2D eigenvalue weighted by atomic mass is 9.85. The molecule has 2 rings (SSSR count). The number of amides is 1. The highest BCUT2D eigenvalue weighted by Crippen LogP contribution is 2.27. The van der Waals surface area contributed by atoms with Crippen molar-refractivity contribution in [3.05, 3.63) is 23.9 Å². The third-order valence-electron chi connectivity index (χ3n) is 2.78. The van der Waals surface area contributed by atoms with Crippen molar-refractivity contribution in [2.75, 3.05) is 5.32 Å². The molecule has 1 aliphatic carbocycles. The molecule has 0 saturated heterocycles. The lowest BCUT2D eigenvalue weighted by Gasteiger charge is -2.24. The highest BCUT2D eigenvalue weighted by atomic mass is 16.3. The number of carbonyl (C=O) groups is 1. The molecule has 1 fully saturated rings. The molecule has 0 atom stereocenters. The van der Waals surface area contributed by atoms with Gasteiger partial charge in [-0.2, -0.15) is 0 Å². The van der Waals surface area contributed by atoms with Crippen LogP contribution in [0.25, 0.3) is 0 Å². The molecule has 0 aliphatic heterocycles. The van der Waals surface area contributed by atoms with Crippen molar-refractivity contribution in [3.8, 4) is 0 Å². The highest BCUT2D eigenvalue weighted by Gasteiger charge is 2.25. The Morgan fingerprint density at radius 2 is 2.40 bits per heavy atom. The molecule has 1 aromatic rings. The van der Waals surface area contributed by atoms with Crippen molar-refractivity contribution in [3.63, 3.8) is 0 Å². The Labute approximate surface area is 88.3 Å². The van der Waals surface area contributed by atoms with Crippen LogP contribution < -0.4 is 5.32 Å². The van der Waals surface area contributed by atoms with Crippen LogP contribution in [0.5, 0.6) is 0 Å². The Hall–Kier alpha value is -1.42. The Morgan fingerprint density at radius 1 is 1.60 bits per heavy atom. The molecule has 1 aromatic heterocycles. The summed E-state index contributed by atoms with van der Waals surface area (Å²) in [4.78, 5) is 15.7. The van der Waals surface area contributed by atoms with Crippen LogP contribution in [0.3, 0.4) is 0 Å². The van der Waals surface area contributed by atoms with E-state index >= 15 is 0 Å². The molecule has 0 aromatic carbocycles. The largest absolute Gasteiger partial charge is 0.392 e. The first-order valence-corrected chi connectivity index (χ1v) is 5.17. The molecule has 4 heteroatoms. The van der Waals surface area contributed by atoms with Gasteiger partial charge in [0, 0.05) is 17.7 Å². The zero-order valence-corrected chi connectivity index (χ0v) is 8.44. The molecule has 0 bridgehead atoms. The number of pyridine rings is 1. The van der Waals surface area contributed by atoms with E-state index in [-0.39, 0.29) is 18.4 Å². The van der Waals surface area contributed by atoms with Gasteiger partial charge in [-0.1, -0.05) is 12.5 Å². The number of hydrogen-bond donors (Lipinski definition) is 2. The standard InChI is InChI=1S/C11H14N2O2/c14-7-9-5-2-6-12-10(9)13-11(15)8-3-1-4-8/h2,5-6,8,14H,1,3-4,7H2,(H,12,13,15). The number of aliphatic hydroxyl groups is 1. The van der Waals surface area contributed by atoms with Gasteiger partial charge in [0.05, 0.1) is 6.61 Å². The Balaban J connectivity index is 2.05. The first-order chi connectivity index (χ1) is 7.31. The van der Waals surface area contributed by atoms with Gasteiger partial charge < -0.3 is 10.4 Å². The average molecular weight is 206 g/mol. The van der Waals surface area contributed by atoms with Crippen molar-refractivity contribution in [2.24, 2.45) is 5.92 Å². The molecule has 0 spiro atoms. The first-order valence-electron chi connectivity index (χ1n) is 5.17. The van der Waals surface area contributed by atoms with E-state index in [0.29, 0.717) is 11.4 Å². The molecule has 15 heavy (non-hydrogen) atoms. The van der Waals surface area contributed by atoms with E-state index in [9.17, 15) is 4.79 Å². The van der Waals surface area contributed by atoms with E-state index in [0.717, 1.165) is 19.3 Å². The first kappa shape index (κ1) is 10.1. The van der Waals surface area contributed by atoms with Gasteiger partial charge in [0.25, 0.3) is 0 Å². The topological polar surface area (TPSA) is 62.2 Å². The van der Waals surface area contributed by atoms with E-state index in [1.165, 1.54) is 0 Å². The normalized spacial score (nSPS) is 15.8. The molecule has 1 heterocycles. The number of rotatable bonds is 3. The van der Waals surface area contributed by atoms with Crippen LogP contribution in [0.4, 0.5) is 5.82 Å². The van der Waals surface area contributed by atoms with E-state index in [1.807, 2.05) is 0 Å². The third kappa shape index (κ3) is 2.15. The van der Waals surface area contributed by atoms with Crippen LogP contribution in [0, 0.1) is 5.92 Å². The number of nitrogens with one attached hydrogen (secondary N) is 1. The fourth-order valence-corrected chi connectivity index (χ4v) is 1.57. The molecule has 4 nitrogen and oxygen atoms in total. The summed E-state index contributed by atoms with van der Waals surface area (Å²) < 4.78 is 0. The van der Waals surface area contributed by atoms with Crippen LogP contribution in [-0.2, 0) is 11.4 Å². The summed E-state index contributed by atoms with van der Waals surface area (Å²) in [5.41, 5.74) is 0.658. The Kier molecular flexibility index (Phi) is 2.97. The van der Waals surface area contributed by atoms with Gasteiger partial charge >= 0.3 is 0 Å². The fraction of sp³-hybridized carbons (Fsp3) is 0.455. The van der Waals surface area contributed by atoms with Crippen molar-refractivity contribution in [1.82, 2.24) is 4.98 Å². The number of carbonyl (C=O) groups excluding carboxylic acids is 1. The van der Waals surface area contributed by atoms with Crippen LogP contribution in [0.2, 0.25) is 0 Å². The summed E-state index contributed by atoms with van der Waals surface area (Å²) >= 11 is 0. The molecular formula is C11H14N2O2. The zero-order chi connectivity index (χ0) is 10.7. The summed E-state index contributed by atoms with van der Waals surface area (Å²) in [5, 5.41) is 11.8. The highest BCUT2D eigenvalue weighted by molar-refractivity contribution is 5.92. The predicted octanol–water partition coefficient (Wildman–Crippen LogP) is 1.31. The average Bonchev–Trinajstić information content (AvgIpc) is 2.15. The molecule has 0 unspecified atom stereocenters. The lowest BCUT2D eigenvalue weighted by molar-refractivity contribution is -0.122. The summed E-state index contributed by atoms with van der Waals surface area (Å²) in [6, 6.07) is 3.49. The summed E-state index contributed by atoms with van der Waals surface area (Å²) in [6.45, 7) is -0.103. The molecule has 1 aliphatic rings. The quantitative estimate of drug-likeness (QED) is 0.783. The van der Waals surface area contributed by atoms with Crippen molar-refractivity contribution >= 4 is 11.7 Å². The van der Waals surface area contributed by atoms with Gasteiger partial charge in [-0.3, -0.25) is 4.79 Å². The van der Waals surface area contributed by atoms with Gasteiger partial charge in [-0.25, -0.2) is 4.98 Å². The van der Waals surface area contributed by atoms with Gasteiger partial charge in [-0.05, 0) is 18.9 Å². The second-order valence-electron chi connectivity index (χ2n) is 3.79. The summed E-state index contributed by atoms with van der Waals surface area (Å²) in [5.74, 6) is 0.644. The maximum absolute atomic E-state index is 11.6. The van der Waals surface area contributed by atoms with Crippen LogP contribution in [0.15, 0.2) is 18.3 Å². The lowest BCUT2D eigenvalue weighted by Crippen LogP contribution is -2.28. The van der Waals surface area contributed by atoms with Crippen LogP contribution in [-0.4, -0.2) is 16.0 Å². The maximum Gasteiger partial charge on any atom is 0.228 e. The molecule has 1 saturated carbocycles. The molecule has 1 amide bonds. The Morgan fingerprint density at radius 3 is 3.00 bits per heavy atom. The molecular weight excluding hydrogens is 192 g/mol. The van der Waals surface area contributed by atoms with Gasteiger partial charge in [-0.15, -0.1) is 0 Å². The summed E-state index contributed by atoms with van der Waals surface area (Å²) in [6.07, 6.45) is 4.67. The summed E-state index contributed by atoms with van der Waals surface area (Å²) in [7, 11) is 0. The van der Waals surface area contributed by atoms with E-state index in [2.05, 4.69) is 10.3 Å². The smallest absolute Gasteiger partial charge is 0.228 e. The van der Waals surface area contributed by atoms with Gasteiger partial charge in [0.15, 0.2) is 0 Å². The number of hydrogen-bond acceptors (Lipinski definition) is 3. The minimum absolute atomic E-state index is 0.0228. The maximum atomic E-state index is 11.6. The van der Waals surface area contributed by atoms with E-state index in [4.69, 9.17) is 5.11 Å². The number of aromatic nitrogens is 1. The van der Waals surface area contributed by atoms with Crippen molar-refractivity contribution in [2.45, 2.75) is 25.9 Å². The second kappa shape index (κ2) is 4.40. The third-order valence-corrected chi connectivity index (χ3v) is 2.78. The predicted molar refractivity (Wildman–Crippen MR) is 56.1 cm³/mol. The van der Waals surface area contributed by atoms with E-state index in [1.54, 1.807) is 18.3 Å². The van der Waals surface area contributed by atoms with Crippen LogP contribution in [0.1, 0.15) is 24.8 Å². The van der Waals surface area contributed by atoms with Crippen LogP contribution >= 0.6 is 0 Å². The zero-order valence-electron chi connectivity index (χ0n) is 8.44. The molecule has 2 N–H and O–H groups in total. The van der Waals surface area contributed by atoms with Crippen molar-refractivity contribution in [1.29, 1.82) is 0 Å². The minimum atomic E-state index is -0.103. The van der Waals surface area contributed by atoms with E-state index < -0.39 is 0 Å². The number of nitrogens with zero attached hydrogens (tertiary/aromatic N) is 1.